The van der Waals surface area contributed by atoms with Gasteiger partial charge in [0.05, 0.1) is 0 Å². The monoisotopic (exact) mass is 336 g/mol. The highest BCUT2D eigenvalue weighted by molar-refractivity contribution is 7.07. The normalized spacial score (nSPS) is 17.0. The fourth-order valence-electron chi connectivity index (χ4n) is 2.65. The second-order valence-corrected chi connectivity index (χ2v) is 6.76. The lowest BCUT2D eigenvalue weighted by Gasteiger charge is -2.26. The van der Waals surface area contributed by atoms with Crippen molar-refractivity contribution in [1.29, 1.82) is 0 Å². The van der Waals surface area contributed by atoms with E-state index in [1.165, 1.54) is 12.0 Å². The predicted octanol–water partition coefficient (Wildman–Crippen LogP) is 2.42. The van der Waals surface area contributed by atoms with Crippen LogP contribution >= 0.6 is 11.3 Å². The van der Waals surface area contributed by atoms with Gasteiger partial charge in [0.2, 0.25) is 5.91 Å². The van der Waals surface area contributed by atoms with Crippen molar-refractivity contribution in [3.05, 3.63) is 22.4 Å². The zero-order valence-corrected chi connectivity index (χ0v) is 15.0. The Hall–Kier alpha value is -1.56. The molecule has 0 aromatic carbocycles. The van der Waals surface area contributed by atoms with E-state index in [-0.39, 0.29) is 12.5 Å². The van der Waals surface area contributed by atoms with E-state index in [0.717, 1.165) is 45.0 Å². The van der Waals surface area contributed by atoms with Gasteiger partial charge in [-0.15, -0.1) is 0 Å². The van der Waals surface area contributed by atoms with Crippen molar-refractivity contribution in [2.45, 2.75) is 39.0 Å². The molecule has 0 radical (unpaired) electrons. The van der Waals surface area contributed by atoms with Gasteiger partial charge in [0, 0.05) is 26.2 Å². The quantitative estimate of drug-likeness (QED) is 0.620. The van der Waals surface area contributed by atoms with Crippen molar-refractivity contribution in [3.8, 4) is 0 Å². The molecule has 0 bridgehead atoms. The highest BCUT2D eigenvalue weighted by atomic mass is 32.1. The molecule has 1 fully saturated rings. The molecule has 2 N–H and O–H groups in total. The first kappa shape index (κ1) is 17.8. The second-order valence-electron chi connectivity index (χ2n) is 5.98. The number of guanidine groups is 1. The van der Waals surface area contributed by atoms with Crippen molar-refractivity contribution < 1.29 is 4.79 Å². The number of amides is 1. The van der Waals surface area contributed by atoms with Crippen LogP contribution in [0.4, 0.5) is 0 Å². The molecule has 1 aliphatic heterocycles. The van der Waals surface area contributed by atoms with Gasteiger partial charge in [-0.05, 0) is 54.5 Å². The first-order valence-electron chi connectivity index (χ1n) is 8.52. The summed E-state index contributed by atoms with van der Waals surface area (Å²) >= 11 is 1.72. The van der Waals surface area contributed by atoms with Crippen LogP contribution in [-0.4, -0.2) is 49.5 Å². The number of hydrogen-bond donors (Lipinski definition) is 2. The maximum atomic E-state index is 12.2. The lowest BCUT2D eigenvalue weighted by molar-refractivity contribution is -0.130. The third kappa shape index (κ3) is 5.86. The number of nitrogens with one attached hydrogen (secondary N) is 2. The molecule has 23 heavy (non-hydrogen) atoms. The summed E-state index contributed by atoms with van der Waals surface area (Å²) in [5.41, 5.74) is 1.34. The predicted molar refractivity (Wildman–Crippen MR) is 97.1 cm³/mol. The molecule has 0 aliphatic carbocycles. The molecule has 5 nitrogen and oxygen atoms in total. The number of carbonyl (C=O) groups is 1. The minimum atomic E-state index is 0.132. The minimum Gasteiger partial charge on any atom is -0.357 e. The van der Waals surface area contributed by atoms with Gasteiger partial charge in [-0.3, -0.25) is 4.79 Å². The Labute approximate surface area is 143 Å². The summed E-state index contributed by atoms with van der Waals surface area (Å²) in [5.74, 6) is 1.27. The number of nitrogens with zero attached hydrogens (tertiary/aromatic N) is 2. The van der Waals surface area contributed by atoms with Gasteiger partial charge in [0.25, 0.3) is 0 Å². The van der Waals surface area contributed by atoms with Crippen LogP contribution in [-0.2, 0) is 4.79 Å². The summed E-state index contributed by atoms with van der Waals surface area (Å²) in [6, 6.07) is 2.15. The van der Waals surface area contributed by atoms with Crippen molar-refractivity contribution in [2.75, 3.05) is 32.7 Å². The van der Waals surface area contributed by atoms with E-state index in [0.29, 0.717) is 5.92 Å². The smallest absolute Gasteiger partial charge is 0.244 e. The van der Waals surface area contributed by atoms with Crippen molar-refractivity contribution in [2.24, 2.45) is 4.99 Å². The Bertz CT molecular complexity index is 495. The lowest BCUT2D eigenvalue weighted by Crippen LogP contribution is -2.41. The zero-order chi connectivity index (χ0) is 16.5. The number of aliphatic imine (C=N–C) groups is 1. The molecule has 128 valence electrons. The molecule has 1 aromatic rings. The van der Waals surface area contributed by atoms with E-state index >= 15 is 0 Å². The maximum absolute atomic E-state index is 12.2. The maximum Gasteiger partial charge on any atom is 0.244 e. The second kappa shape index (κ2) is 9.55. The molecule has 1 aliphatic rings. The summed E-state index contributed by atoms with van der Waals surface area (Å²) in [5, 5.41) is 10.8. The molecule has 0 spiro atoms. The van der Waals surface area contributed by atoms with Gasteiger partial charge < -0.3 is 15.5 Å². The van der Waals surface area contributed by atoms with Crippen molar-refractivity contribution >= 4 is 23.2 Å². The van der Waals surface area contributed by atoms with E-state index in [1.807, 2.05) is 11.8 Å². The van der Waals surface area contributed by atoms with E-state index in [1.54, 1.807) is 11.3 Å². The van der Waals surface area contributed by atoms with E-state index in [9.17, 15) is 4.79 Å². The molecular weight excluding hydrogens is 308 g/mol. The Kier molecular flexibility index (Phi) is 7.39. The first-order chi connectivity index (χ1) is 11.2. The summed E-state index contributed by atoms with van der Waals surface area (Å²) < 4.78 is 0. The molecule has 1 aromatic heterocycles. The van der Waals surface area contributed by atoms with Gasteiger partial charge in [0.1, 0.15) is 6.54 Å². The highest BCUT2D eigenvalue weighted by Crippen LogP contribution is 2.17. The average molecular weight is 337 g/mol. The van der Waals surface area contributed by atoms with Gasteiger partial charge in [-0.25, -0.2) is 4.99 Å². The van der Waals surface area contributed by atoms with E-state index < -0.39 is 0 Å². The molecule has 2 heterocycles. The molecule has 1 amide bonds. The Morgan fingerprint density at radius 2 is 2.13 bits per heavy atom. The average Bonchev–Trinajstić information content (AvgIpc) is 3.12. The number of thiophene rings is 1. The summed E-state index contributed by atoms with van der Waals surface area (Å²) in [4.78, 5) is 18.6. The number of hydrogen-bond acceptors (Lipinski definition) is 3. The summed E-state index contributed by atoms with van der Waals surface area (Å²) in [6.45, 7) is 7.81. The molecule has 1 atom stereocenters. The van der Waals surface area contributed by atoms with Crippen LogP contribution in [0.1, 0.15) is 44.6 Å². The third-order valence-electron chi connectivity index (χ3n) is 4.11. The van der Waals surface area contributed by atoms with Crippen LogP contribution in [0.25, 0.3) is 0 Å². The van der Waals surface area contributed by atoms with Crippen LogP contribution in [0, 0.1) is 0 Å². The number of rotatable bonds is 6. The SMILES string of the molecule is CCNC(=NCC(=O)N1CCCCC1)NCC(C)c1ccsc1. The van der Waals surface area contributed by atoms with Crippen LogP contribution in [0.15, 0.2) is 21.8 Å². The van der Waals surface area contributed by atoms with Crippen molar-refractivity contribution in [1.82, 2.24) is 15.5 Å². The van der Waals surface area contributed by atoms with Gasteiger partial charge in [-0.1, -0.05) is 6.92 Å². The fourth-order valence-corrected chi connectivity index (χ4v) is 3.44. The summed E-state index contributed by atoms with van der Waals surface area (Å²) in [6.07, 6.45) is 3.47. The topological polar surface area (TPSA) is 56.7 Å². The number of likely N-dealkylation sites (tertiary alicyclic amines) is 1. The Morgan fingerprint density at radius 1 is 1.35 bits per heavy atom. The number of piperidine rings is 1. The van der Waals surface area contributed by atoms with Crippen LogP contribution in [0.2, 0.25) is 0 Å². The highest BCUT2D eigenvalue weighted by Gasteiger charge is 2.16. The molecule has 2 rings (SSSR count). The van der Waals surface area contributed by atoms with Crippen LogP contribution in [0.5, 0.6) is 0 Å². The van der Waals surface area contributed by atoms with E-state index in [4.69, 9.17) is 0 Å². The lowest BCUT2D eigenvalue weighted by atomic mass is 10.1. The Morgan fingerprint density at radius 3 is 2.78 bits per heavy atom. The number of carbonyl (C=O) groups excluding carboxylic acids is 1. The largest absolute Gasteiger partial charge is 0.357 e. The van der Waals surface area contributed by atoms with Crippen LogP contribution < -0.4 is 10.6 Å². The Balaban J connectivity index is 1.82. The van der Waals surface area contributed by atoms with Gasteiger partial charge in [-0.2, -0.15) is 11.3 Å². The first-order valence-corrected chi connectivity index (χ1v) is 9.47. The van der Waals surface area contributed by atoms with E-state index in [2.05, 4.69) is 39.4 Å². The van der Waals surface area contributed by atoms with Crippen LogP contribution in [0.3, 0.4) is 0 Å². The molecule has 6 heteroatoms. The third-order valence-corrected chi connectivity index (χ3v) is 4.81. The fraction of sp³-hybridized carbons (Fsp3) is 0.647. The minimum absolute atomic E-state index is 0.132. The molecule has 1 saturated heterocycles. The van der Waals surface area contributed by atoms with Crippen molar-refractivity contribution in [3.63, 3.8) is 0 Å². The molecular formula is C17H28N4OS. The summed E-state index contributed by atoms with van der Waals surface area (Å²) in [7, 11) is 0. The zero-order valence-electron chi connectivity index (χ0n) is 14.2. The molecule has 1 unspecified atom stereocenters. The standard InChI is InChI=1S/C17H28N4OS/c1-3-18-17(19-11-14(2)15-7-10-23-13-15)20-12-16(22)21-8-5-4-6-9-21/h7,10,13-14H,3-6,8-9,11-12H2,1-2H3,(H2,18,19,20). The van der Waals surface area contributed by atoms with Gasteiger partial charge >= 0.3 is 0 Å². The van der Waals surface area contributed by atoms with Gasteiger partial charge in [0.15, 0.2) is 5.96 Å². The molecule has 0 saturated carbocycles.